The summed E-state index contributed by atoms with van der Waals surface area (Å²) in [5.74, 6) is 0. The summed E-state index contributed by atoms with van der Waals surface area (Å²) in [7, 11) is 3.97. The van der Waals surface area contributed by atoms with Crippen molar-refractivity contribution in [2.45, 2.75) is 0 Å². The van der Waals surface area contributed by atoms with E-state index in [2.05, 4.69) is 18.7 Å². The van der Waals surface area contributed by atoms with Gasteiger partial charge in [-0.1, -0.05) is 0 Å². The van der Waals surface area contributed by atoms with Crippen LogP contribution in [0.1, 0.15) is 0 Å². The third-order valence-corrected chi connectivity index (χ3v) is 0. The topological polar surface area (TPSA) is 0 Å². The number of hydrogen-bond acceptors (Lipinski definition) is 0. The zero-order valence-electron chi connectivity index (χ0n) is 2.53. The summed E-state index contributed by atoms with van der Waals surface area (Å²) in [6, 6.07) is 0. The van der Waals surface area contributed by atoms with Gasteiger partial charge in [-0.25, -0.2) is 11.5 Å². The van der Waals surface area contributed by atoms with E-state index in [-0.39, 0.29) is 40.1 Å². The summed E-state index contributed by atoms with van der Waals surface area (Å²) in [6.07, 6.45) is 0. The molecule has 3 radical (unpaired) electrons. The zero-order chi connectivity index (χ0) is 2.00. The molecule has 0 aromatic heterocycles. The van der Waals surface area contributed by atoms with Crippen molar-refractivity contribution in [1.29, 1.82) is 0 Å². The van der Waals surface area contributed by atoms with E-state index in [1.807, 2.05) is 0 Å². The third-order valence-electron chi connectivity index (χ3n) is 0. The molecule has 0 unspecified atom stereocenters. The minimum absolute atomic E-state index is 0. The van der Waals surface area contributed by atoms with Crippen LogP contribution in [0.2, 0.25) is 0 Å². The van der Waals surface area contributed by atoms with Crippen molar-refractivity contribution < 1.29 is 32.7 Å². The van der Waals surface area contributed by atoms with Crippen molar-refractivity contribution in [3.63, 3.8) is 0 Å². The van der Waals surface area contributed by atoms with E-state index >= 15 is 0 Å². The quantitative estimate of drug-likeness (QED) is 0.353. The summed E-state index contributed by atoms with van der Waals surface area (Å²) in [5, 5.41) is 0. The van der Waals surface area contributed by atoms with E-state index in [4.69, 9.17) is 0 Å². The smallest absolute Gasteiger partial charge is 0.214 e. The van der Waals surface area contributed by atoms with Crippen molar-refractivity contribution in [1.82, 2.24) is 0 Å². The van der Waals surface area contributed by atoms with Crippen molar-refractivity contribution in [3.05, 3.63) is 7.43 Å². The van der Waals surface area contributed by atoms with Crippen LogP contribution < -0.4 is 0 Å². The molecular formula is CH3BClY-. The Morgan fingerprint density at radius 3 is 1.25 bits per heavy atom. The molecule has 0 nitrogen and oxygen atoms in total. The Kier molecular flexibility index (Phi) is 112. The van der Waals surface area contributed by atoms with Gasteiger partial charge in [-0.15, -0.1) is 0 Å². The second-order valence-corrected chi connectivity index (χ2v) is 0. The van der Waals surface area contributed by atoms with Crippen LogP contribution in [0.25, 0.3) is 0 Å². The van der Waals surface area contributed by atoms with Gasteiger partial charge in [0.1, 0.15) is 0 Å². The Balaban J connectivity index is -0.00000000500. The Bertz CT molecular complexity index is 8.00. The molecule has 0 atom stereocenters. The predicted molar refractivity (Wildman–Crippen MR) is 18.0 cm³/mol. The SMILES string of the molecule is [B]Cl.[CH3-].[Y]. The fourth-order valence-electron chi connectivity index (χ4n) is 0. The first-order valence-electron chi connectivity index (χ1n) is 0.218. The molecule has 0 rings (SSSR count). The number of halogens is 1. The monoisotopic (exact) mass is 150 g/mol. The molecule has 0 aromatic rings. The van der Waals surface area contributed by atoms with Gasteiger partial charge in [0, 0.05) is 32.7 Å². The van der Waals surface area contributed by atoms with E-state index in [9.17, 15) is 0 Å². The van der Waals surface area contributed by atoms with Gasteiger partial charge in [-0.3, -0.25) is 0 Å². The molecule has 0 fully saturated rings. The second kappa shape index (κ2) is 25.1. The molecule has 0 aliphatic rings. The molecule has 0 saturated heterocycles. The van der Waals surface area contributed by atoms with Crippen molar-refractivity contribution in [3.8, 4) is 0 Å². The molecule has 0 spiro atoms. The Morgan fingerprint density at radius 2 is 1.25 bits per heavy atom. The summed E-state index contributed by atoms with van der Waals surface area (Å²) < 4.78 is 0. The number of hydrogen-bond donors (Lipinski definition) is 0. The normalized spacial score (nSPS) is 1.25. The van der Waals surface area contributed by atoms with Gasteiger partial charge in [0.2, 0.25) is 7.26 Å². The van der Waals surface area contributed by atoms with Gasteiger partial charge in [0.05, 0.1) is 0 Å². The predicted octanol–water partition coefficient (Wildman–Crippen LogP) is 0.756. The van der Waals surface area contributed by atoms with Crippen LogP contribution in [-0.2, 0) is 32.7 Å². The zero-order valence-corrected chi connectivity index (χ0v) is 6.13. The molecular weight excluding hydrogens is 147 g/mol. The fraction of sp³-hybridized carbons (Fsp3) is 0. The average molecular weight is 150 g/mol. The van der Waals surface area contributed by atoms with Gasteiger partial charge in [-0.05, 0) is 0 Å². The molecule has 0 bridgehead atoms. The van der Waals surface area contributed by atoms with E-state index in [1.54, 1.807) is 0 Å². The molecule has 0 saturated carbocycles. The minimum Gasteiger partial charge on any atom is -0.358 e. The van der Waals surface area contributed by atoms with Crippen molar-refractivity contribution in [2.24, 2.45) is 0 Å². The maximum Gasteiger partial charge on any atom is 0.214 e. The van der Waals surface area contributed by atoms with E-state index < -0.39 is 0 Å². The molecule has 3 heteroatoms. The fourth-order valence-corrected chi connectivity index (χ4v) is 0. The van der Waals surface area contributed by atoms with Crippen LogP contribution in [-0.4, -0.2) is 7.26 Å². The Morgan fingerprint density at radius 1 is 1.25 bits per heavy atom. The van der Waals surface area contributed by atoms with E-state index in [0.29, 0.717) is 0 Å². The molecule has 0 amide bonds. The molecule has 0 aliphatic heterocycles. The summed E-state index contributed by atoms with van der Waals surface area (Å²) in [6.45, 7) is 0. The summed E-state index contributed by atoms with van der Waals surface area (Å²) in [4.78, 5) is 0. The Hall–Kier alpha value is 1.46. The van der Waals surface area contributed by atoms with Crippen LogP contribution >= 0.6 is 11.5 Å². The van der Waals surface area contributed by atoms with Crippen LogP contribution in [0.5, 0.6) is 0 Å². The second-order valence-electron chi connectivity index (χ2n) is 0. The molecule has 0 heterocycles. The van der Waals surface area contributed by atoms with Crippen LogP contribution in [0.3, 0.4) is 0 Å². The first kappa shape index (κ1) is 18.0. The van der Waals surface area contributed by atoms with E-state index in [1.165, 1.54) is 0 Å². The average Bonchev–Trinajstić information content (AvgIpc) is 1.00. The standard InChI is InChI=1S/CH3.BCl.Y/c;1-2;/h1H3;;/q-1;;. The third kappa shape index (κ3) is 9.83. The molecule has 0 aromatic carbocycles. The van der Waals surface area contributed by atoms with Crippen molar-refractivity contribution >= 4 is 18.7 Å². The summed E-state index contributed by atoms with van der Waals surface area (Å²) in [5.41, 5.74) is 0. The maximum atomic E-state index is 4.14. The van der Waals surface area contributed by atoms with Gasteiger partial charge < -0.3 is 7.43 Å². The first-order chi connectivity index (χ1) is 1.00. The van der Waals surface area contributed by atoms with Gasteiger partial charge in [-0.2, -0.15) is 0 Å². The molecule has 0 N–H and O–H groups in total. The summed E-state index contributed by atoms with van der Waals surface area (Å²) >= 11 is 4.14. The molecule has 0 aliphatic carbocycles. The largest absolute Gasteiger partial charge is 0.358 e. The van der Waals surface area contributed by atoms with Crippen LogP contribution in [0, 0.1) is 7.43 Å². The van der Waals surface area contributed by atoms with E-state index in [0.717, 1.165) is 0 Å². The first-order valence-corrected chi connectivity index (χ1v) is 0.655. The maximum absolute atomic E-state index is 4.14. The van der Waals surface area contributed by atoms with Crippen molar-refractivity contribution in [2.75, 3.05) is 0 Å². The van der Waals surface area contributed by atoms with Gasteiger partial charge in [0.25, 0.3) is 0 Å². The minimum atomic E-state index is 0. The number of rotatable bonds is 0. The van der Waals surface area contributed by atoms with Gasteiger partial charge in [0.15, 0.2) is 0 Å². The van der Waals surface area contributed by atoms with Gasteiger partial charge >= 0.3 is 0 Å². The van der Waals surface area contributed by atoms with Crippen LogP contribution in [0.15, 0.2) is 0 Å². The van der Waals surface area contributed by atoms with Crippen LogP contribution in [0.4, 0.5) is 0 Å². The molecule has 21 valence electrons. The molecule has 4 heavy (non-hydrogen) atoms. The Labute approximate surface area is 58.5 Å².